The number of aliphatic hydroxyl groups is 1. The lowest BCUT2D eigenvalue weighted by Gasteiger charge is -2.20. The predicted octanol–water partition coefficient (Wildman–Crippen LogP) is 1.28. The Morgan fingerprint density at radius 2 is 1.90 bits per heavy atom. The molecule has 0 spiro atoms. The Balaban J connectivity index is 1.82. The number of fused-ring (bicyclic) bond motifs is 1. The van der Waals surface area contributed by atoms with Crippen molar-refractivity contribution in [3.8, 4) is 5.75 Å². The number of nitrogens with zero attached hydrogens (tertiary/aromatic N) is 3. The lowest BCUT2D eigenvalue weighted by atomic mass is 10.0. The molecule has 0 atom stereocenters. The van der Waals surface area contributed by atoms with Crippen molar-refractivity contribution in [1.82, 2.24) is 9.97 Å². The Labute approximate surface area is 117 Å². The normalized spacial score (nSPS) is 14.8. The summed E-state index contributed by atoms with van der Waals surface area (Å²) in [5, 5.41) is 18.7. The smallest absolute Gasteiger partial charge is 0.225 e. The summed E-state index contributed by atoms with van der Waals surface area (Å²) in [6.07, 6.45) is 3.44. The minimum absolute atomic E-state index is 0.0720. The van der Waals surface area contributed by atoms with Crippen LogP contribution in [-0.4, -0.2) is 33.3 Å². The van der Waals surface area contributed by atoms with Crippen LogP contribution in [0.2, 0.25) is 0 Å². The highest BCUT2D eigenvalue weighted by Gasteiger charge is 2.16. The third-order valence-electron chi connectivity index (χ3n) is 3.64. The molecule has 1 aliphatic heterocycles. The van der Waals surface area contributed by atoms with Crippen LogP contribution in [0.3, 0.4) is 0 Å². The number of aliphatic hydroxyl groups excluding tert-OH is 1. The van der Waals surface area contributed by atoms with E-state index in [0.717, 1.165) is 25.9 Å². The number of phenolic OH excluding ortho intramolecular Hbond substituents is 1. The van der Waals surface area contributed by atoms with Gasteiger partial charge in [-0.05, 0) is 42.2 Å². The van der Waals surface area contributed by atoms with E-state index in [4.69, 9.17) is 5.11 Å². The van der Waals surface area contributed by atoms with Crippen LogP contribution in [0.1, 0.15) is 16.8 Å². The molecule has 0 unspecified atom stereocenters. The molecule has 0 aliphatic carbocycles. The summed E-state index contributed by atoms with van der Waals surface area (Å²) in [4.78, 5) is 10.8. The summed E-state index contributed by atoms with van der Waals surface area (Å²) >= 11 is 0. The van der Waals surface area contributed by atoms with Gasteiger partial charge in [-0.1, -0.05) is 6.07 Å². The zero-order valence-electron chi connectivity index (χ0n) is 11.2. The van der Waals surface area contributed by atoms with E-state index in [1.54, 1.807) is 18.3 Å². The van der Waals surface area contributed by atoms with Crippen molar-refractivity contribution >= 4 is 5.95 Å². The van der Waals surface area contributed by atoms with Gasteiger partial charge in [-0.25, -0.2) is 9.97 Å². The standard InChI is InChI=1S/C15H17N3O2/c19-10-13-3-6-16-15(17-13)18-7-4-11-1-2-14(20)9-12(11)5-8-18/h1-3,6,9,19-20H,4-5,7-8,10H2. The molecule has 0 saturated carbocycles. The zero-order chi connectivity index (χ0) is 13.9. The minimum atomic E-state index is -0.0720. The van der Waals surface area contributed by atoms with Gasteiger partial charge >= 0.3 is 0 Å². The quantitative estimate of drug-likeness (QED) is 0.861. The van der Waals surface area contributed by atoms with Crippen molar-refractivity contribution in [2.75, 3.05) is 18.0 Å². The van der Waals surface area contributed by atoms with E-state index in [-0.39, 0.29) is 6.61 Å². The summed E-state index contributed by atoms with van der Waals surface area (Å²) in [5.74, 6) is 0.976. The first-order valence-electron chi connectivity index (χ1n) is 6.75. The van der Waals surface area contributed by atoms with Crippen LogP contribution < -0.4 is 4.90 Å². The van der Waals surface area contributed by atoms with Crippen molar-refractivity contribution in [3.63, 3.8) is 0 Å². The number of aromatic nitrogens is 2. The van der Waals surface area contributed by atoms with E-state index in [9.17, 15) is 5.11 Å². The third kappa shape index (κ3) is 2.58. The zero-order valence-corrected chi connectivity index (χ0v) is 11.2. The Kier molecular flexibility index (Phi) is 3.52. The van der Waals surface area contributed by atoms with E-state index < -0.39 is 0 Å². The molecule has 0 fully saturated rings. The van der Waals surface area contributed by atoms with Crippen molar-refractivity contribution in [2.24, 2.45) is 0 Å². The Morgan fingerprint density at radius 3 is 2.70 bits per heavy atom. The van der Waals surface area contributed by atoms with E-state index >= 15 is 0 Å². The van der Waals surface area contributed by atoms with Gasteiger partial charge in [0.15, 0.2) is 0 Å². The molecule has 5 nitrogen and oxygen atoms in total. The fraction of sp³-hybridized carbons (Fsp3) is 0.333. The van der Waals surface area contributed by atoms with E-state index in [1.165, 1.54) is 11.1 Å². The molecule has 3 rings (SSSR count). The molecular formula is C15H17N3O2. The molecule has 1 aliphatic rings. The highest BCUT2D eigenvalue weighted by Crippen LogP contribution is 2.22. The van der Waals surface area contributed by atoms with Crippen LogP contribution in [0, 0.1) is 0 Å². The van der Waals surface area contributed by atoms with Crippen LogP contribution in [-0.2, 0) is 19.4 Å². The van der Waals surface area contributed by atoms with Gasteiger partial charge < -0.3 is 15.1 Å². The first kappa shape index (κ1) is 12.9. The van der Waals surface area contributed by atoms with Crippen LogP contribution in [0.25, 0.3) is 0 Å². The molecule has 0 radical (unpaired) electrons. The van der Waals surface area contributed by atoms with Gasteiger partial charge in [0.05, 0.1) is 12.3 Å². The Bertz CT molecular complexity index is 616. The summed E-state index contributed by atoms with van der Waals surface area (Å²) in [6.45, 7) is 1.58. The first-order chi connectivity index (χ1) is 9.76. The second-order valence-corrected chi connectivity index (χ2v) is 4.95. The largest absolute Gasteiger partial charge is 0.508 e. The van der Waals surface area contributed by atoms with Crippen LogP contribution in [0.15, 0.2) is 30.5 Å². The molecular weight excluding hydrogens is 254 g/mol. The van der Waals surface area contributed by atoms with Gasteiger partial charge in [0.2, 0.25) is 5.95 Å². The fourth-order valence-corrected chi connectivity index (χ4v) is 2.54. The monoisotopic (exact) mass is 271 g/mol. The molecule has 1 aromatic carbocycles. The average molecular weight is 271 g/mol. The van der Waals surface area contributed by atoms with Gasteiger partial charge in [-0.2, -0.15) is 0 Å². The second kappa shape index (κ2) is 5.46. The highest BCUT2D eigenvalue weighted by molar-refractivity contribution is 5.40. The highest BCUT2D eigenvalue weighted by atomic mass is 16.3. The predicted molar refractivity (Wildman–Crippen MR) is 75.7 cm³/mol. The lowest BCUT2D eigenvalue weighted by molar-refractivity contribution is 0.276. The number of benzene rings is 1. The maximum Gasteiger partial charge on any atom is 0.225 e. The summed E-state index contributed by atoms with van der Waals surface area (Å²) in [5.41, 5.74) is 3.09. The van der Waals surface area contributed by atoms with Gasteiger partial charge in [-0.3, -0.25) is 0 Å². The number of aromatic hydroxyl groups is 1. The third-order valence-corrected chi connectivity index (χ3v) is 3.64. The summed E-state index contributed by atoms with van der Waals surface area (Å²) in [6, 6.07) is 7.27. The number of anilines is 1. The molecule has 1 aromatic heterocycles. The number of hydrogen-bond donors (Lipinski definition) is 2. The molecule has 2 heterocycles. The second-order valence-electron chi connectivity index (χ2n) is 4.95. The van der Waals surface area contributed by atoms with Gasteiger partial charge in [0, 0.05) is 19.3 Å². The molecule has 104 valence electrons. The molecule has 0 saturated heterocycles. The minimum Gasteiger partial charge on any atom is -0.508 e. The van der Waals surface area contributed by atoms with Crippen molar-refractivity contribution < 1.29 is 10.2 Å². The van der Waals surface area contributed by atoms with E-state index in [2.05, 4.69) is 14.9 Å². The maximum absolute atomic E-state index is 9.57. The fourth-order valence-electron chi connectivity index (χ4n) is 2.54. The van der Waals surface area contributed by atoms with Gasteiger partial charge in [0.1, 0.15) is 5.75 Å². The van der Waals surface area contributed by atoms with Crippen molar-refractivity contribution in [1.29, 1.82) is 0 Å². The number of hydrogen-bond acceptors (Lipinski definition) is 5. The van der Waals surface area contributed by atoms with E-state index in [1.807, 2.05) is 12.1 Å². The lowest BCUT2D eigenvalue weighted by Crippen LogP contribution is -2.28. The topological polar surface area (TPSA) is 69.5 Å². The molecule has 5 heteroatoms. The first-order valence-corrected chi connectivity index (χ1v) is 6.75. The van der Waals surface area contributed by atoms with Crippen molar-refractivity contribution in [2.45, 2.75) is 19.4 Å². The number of phenols is 1. The van der Waals surface area contributed by atoms with Crippen molar-refractivity contribution in [3.05, 3.63) is 47.3 Å². The average Bonchev–Trinajstić information content (AvgIpc) is 2.69. The Hall–Kier alpha value is -2.14. The van der Waals surface area contributed by atoms with Gasteiger partial charge in [0.25, 0.3) is 0 Å². The van der Waals surface area contributed by atoms with Gasteiger partial charge in [-0.15, -0.1) is 0 Å². The molecule has 0 amide bonds. The molecule has 2 N–H and O–H groups in total. The molecule has 20 heavy (non-hydrogen) atoms. The summed E-state index contributed by atoms with van der Waals surface area (Å²) in [7, 11) is 0. The maximum atomic E-state index is 9.57. The molecule has 2 aromatic rings. The van der Waals surface area contributed by atoms with Crippen LogP contribution in [0.4, 0.5) is 5.95 Å². The Morgan fingerprint density at radius 1 is 1.10 bits per heavy atom. The number of rotatable bonds is 2. The van der Waals surface area contributed by atoms with Crippen LogP contribution >= 0.6 is 0 Å². The van der Waals surface area contributed by atoms with E-state index in [0.29, 0.717) is 17.4 Å². The SMILES string of the molecule is OCc1ccnc(N2CCc3ccc(O)cc3CC2)n1. The molecule has 0 bridgehead atoms. The summed E-state index contributed by atoms with van der Waals surface area (Å²) < 4.78 is 0. The van der Waals surface area contributed by atoms with Crippen LogP contribution in [0.5, 0.6) is 5.75 Å².